The van der Waals surface area contributed by atoms with Crippen LogP contribution in [0.2, 0.25) is 0 Å². The average Bonchev–Trinajstić information content (AvgIpc) is 2.97. The molecule has 1 atom stereocenters. The fraction of sp³-hybridized carbons (Fsp3) is 0.526. The van der Waals surface area contributed by atoms with Crippen molar-refractivity contribution in [3.8, 4) is 5.75 Å². The van der Waals surface area contributed by atoms with Gasteiger partial charge in [0.1, 0.15) is 18.5 Å². The number of hydrogen-bond donors (Lipinski definition) is 2. The molecule has 1 heterocycles. The largest absolute Gasteiger partial charge is 0.486 e. The summed E-state index contributed by atoms with van der Waals surface area (Å²) in [5.41, 5.74) is 0. The van der Waals surface area contributed by atoms with E-state index < -0.39 is 0 Å². The summed E-state index contributed by atoms with van der Waals surface area (Å²) in [4.78, 5) is 4.58. The second-order valence-corrected chi connectivity index (χ2v) is 6.41. The Morgan fingerprint density at radius 1 is 1.30 bits per heavy atom. The fourth-order valence-electron chi connectivity index (χ4n) is 2.34. The van der Waals surface area contributed by atoms with Gasteiger partial charge in [0.25, 0.3) is 0 Å². The predicted octanol–water partition coefficient (Wildman–Crippen LogP) is 2.57. The van der Waals surface area contributed by atoms with Gasteiger partial charge in [-0.15, -0.1) is 10.2 Å². The predicted molar refractivity (Wildman–Crippen MR) is 104 cm³/mol. The first kappa shape index (κ1) is 20.7. The number of unbranched alkanes of at least 4 members (excludes halogenated alkanes) is 1. The van der Waals surface area contributed by atoms with E-state index in [0.29, 0.717) is 19.0 Å². The van der Waals surface area contributed by atoms with Crippen molar-refractivity contribution in [1.82, 2.24) is 25.4 Å². The monoisotopic (exact) mass is 376 g/mol. The molecule has 1 aromatic heterocycles. The highest BCUT2D eigenvalue weighted by molar-refractivity contribution is 5.79. The summed E-state index contributed by atoms with van der Waals surface area (Å²) in [5.74, 6) is 2.20. The van der Waals surface area contributed by atoms with Crippen LogP contribution in [0.3, 0.4) is 0 Å². The molecule has 27 heavy (non-hydrogen) atoms. The molecule has 0 radical (unpaired) electrons. The maximum atomic E-state index is 13.7. The number of aryl methyl sites for hydroxylation is 1. The third-order valence-corrected chi connectivity index (χ3v) is 4.11. The summed E-state index contributed by atoms with van der Waals surface area (Å²) in [6, 6.07) is 6.40. The summed E-state index contributed by atoms with van der Waals surface area (Å²) >= 11 is 0. The van der Waals surface area contributed by atoms with Crippen LogP contribution >= 0.6 is 0 Å². The number of para-hydroxylation sites is 1. The molecule has 0 bridgehead atoms. The first-order valence-electron chi connectivity index (χ1n) is 9.29. The number of benzene rings is 1. The van der Waals surface area contributed by atoms with Crippen LogP contribution in [0.5, 0.6) is 5.75 Å². The molecule has 7 nitrogen and oxygen atoms in total. The Bertz CT molecular complexity index is 746. The number of aromatic nitrogens is 3. The quantitative estimate of drug-likeness (QED) is 0.400. The summed E-state index contributed by atoms with van der Waals surface area (Å²) in [5, 5.41) is 14.7. The molecule has 0 aliphatic heterocycles. The summed E-state index contributed by atoms with van der Waals surface area (Å²) in [7, 11) is 1.92. The number of nitrogens with one attached hydrogen (secondary N) is 2. The molecule has 1 unspecified atom stereocenters. The highest BCUT2D eigenvalue weighted by Crippen LogP contribution is 2.16. The Kier molecular flexibility index (Phi) is 8.03. The lowest BCUT2D eigenvalue weighted by Crippen LogP contribution is -2.42. The molecule has 0 spiro atoms. The van der Waals surface area contributed by atoms with Crippen molar-refractivity contribution in [3.63, 3.8) is 0 Å². The summed E-state index contributed by atoms with van der Waals surface area (Å²) in [6.45, 7) is 7.66. The molecule has 0 amide bonds. The number of halogens is 1. The molecule has 2 N–H and O–H groups in total. The summed E-state index contributed by atoms with van der Waals surface area (Å²) < 4.78 is 21.3. The SMILES string of the molecule is CCCCNC(=NCc1nnc(C)n1C)NCC(C)Oc1ccccc1F. The molecule has 0 aliphatic carbocycles. The van der Waals surface area contributed by atoms with Gasteiger partial charge in [-0.2, -0.15) is 0 Å². The number of hydrogen-bond acceptors (Lipinski definition) is 4. The molecule has 0 saturated heterocycles. The first-order chi connectivity index (χ1) is 13.0. The van der Waals surface area contributed by atoms with Gasteiger partial charge in [-0.05, 0) is 32.4 Å². The summed E-state index contributed by atoms with van der Waals surface area (Å²) in [6.07, 6.45) is 1.91. The lowest BCUT2D eigenvalue weighted by Gasteiger charge is -2.18. The van der Waals surface area contributed by atoms with Crippen LogP contribution in [0, 0.1) is 12.7 Å². The normalized spacial score (nSPS) is 12.7. The lowest BCUT2D eigenvalue weighted by atomic mass is 10.3. The maximum Gasteiger partial charge on any atom is 0.191 e. The average molecular weight is 376 g/mol. The van der Waals surface area contributed by atoms with Crippen molar-refractivity contribution in [2.75, 3.05) is 13.1 Å². The van der Waals surface area contributed by atoms with Gasteiger partial charge in [0.2, 0.25) is 0 Å². The Morgan fingerprint density at radius 3 is 2.74 bits per heavy atom. The zero-order chi connectivity index (χ0) is 19.6. The van der Waals surface area contributed by atoms with Crippen LogP contribution in [-0.2, 0) is 13.6 Å². The van der Waals surface area contributed by atoms with E-state index in [1.54, 1.807) is 18.2 Å². The number of aliphatic imine (C=N–C) groups is 1. The number of ether oxygens (including phenoxy) is 1. The number of guanidine groups is 1. The minimum Gasteiger partial charge on any atom is -0.486 e. The standard InChI is InChI=1S/C19H29FN6O/c1-5-6-11-21-19(23-13-18-25-24-15(3)26(18)4)22-12-14(2)27-17-10-8-7-9-16(17)20/h7-10,14H,5-6,11-13H2,1-4H3,(H2,21,22,23). The van der Waals surface area contributed by atoms with E-state index >= 15 is 0 Å². The van der Waals surface area contributed by atoms with Gasteiger partial charge in [-0.3, -0.25) is 0 Å². The Balaban J connectivity index is 1.93. The highest BCUT2D eigenvalue weighted by Gasteiger charge is 2.10. The van der Waals surface area contributed by atoms with Crippen molar-refractivity contribution >= 4 is 5.96 Å². The van der Waals surface area contributed by atoms with Crippen molar-refractivity contribution < 1.29 is 9.13 Å². The van der Waals surface area contributed by atoms with Gasteiger partial charge >= 0.3 is 0 Å². The van der Waals surface area contributed by atoms with Crippen LogP contribution < -0.4 is 15.4 Å². The van der Waals surface area contributed by atoms with E-state index in [9.17, 15) is 4.39 Å². The van der Waals surface area contributed by atoms with Crippen LogP contribution in [-0.4, -0.2) is 39.9 Å². The molecule has 148 valence electrons. The zero-order valence-corrected chi connectivity index (χ0v) is 16.5. The Morgan fingerprint density at radius 2 is 2.07 bits per heavy atom. The first-order valence-corrected chi connectivity index (χ1v) is 9.29. The molecule has 0 aliphatic rings. The zero-order valence-electron chi connectivity index (χ0n) is 16.5. The van der Waals surface area contributed by atoms with E-state index in [2.05, 4.69) is 32.7 Å². The second-order valence-electron chi connectivity index (χ2n) is 6.41. The Labute approximate surface area is 160 Å². The van der Waals surface area contributed by atoms with E-state index in [-0.39, 0.29) is 17.7 Å². The fourth-order valence-corrected chi connectivity index (χ4v) is 2.34. The molecule has 0 fully saturated rings. The topological polar surface area (TPSA) is 76.4 Å². The van der Waals surface area contributed by atoms with E-state index in [1.807, 2.05) is 25.5 Å². The number of rotatable bonds is 9. The van der Waals surface area contributed by atoms with Crippen molar-refractivity contribution in [2.24, 2.45) is 12.0 Å². The van der Waals surface area contributed by atoms with Gasteiger partial charge in [0, 0.05) is 13.6 Å². The van der Waals surface area contributed by atoms with Crippen molar-refractivity contribution in [1.29, 1.82) is 0 Å². The molecule has 1 aromatic carbocycles. The van der Waals surface area contributed by atoms with Crippen LogP contribution in [0.15, 0.2) is 29.3 Å². The molecule has 2 rings (SSSR count). The smallest absolute Gasteiger partial charge is 0.191 e. The van der Waals surface area contributed by atoms with Gasteiger partial charge in [-0.1, -0.05) is 25.5 Å². The van der Waals surface area contributed by atoms with Crippen molar-refractivity contribution in [2.45, 2.75) is 46.3 Å². The molecule has 0 saturated carbocycles. The van der Waals surface area contributed by atoms with Crippen LogP contribution in [0.4, 0.5) is 4.39 Å². The molecule has 2 aromatic rings. The number of nitrogens with zero attached hydrogens (tertiary/aromatic N) is 4. The molecular formula is C19H29FN6O. The molecular weight excluding hydrogens is 347 g/mol. The van der Waals surface area contributed by atoms with E-state index in [4.69, 9.17) is 4.74 Å². The van der Waals surface area contributed by atoms with Gasteiger partial charge in [0.15, 0.2) is 23.4 Å². The minimum absolute atomic E-state index is 0.225. The lowest BCUT2D eigenvalue weighted by molar-refractivity contribution is 0.214. The van der Waals surface area contributed by atoms with E-state index in [0.717, 1.165) is 31.0 Å². The highest BCUT2D eigenvalue weighted by atomic mass is 19.1. The van der Waals surface area contributed by atoms with Gasteiger partial charge < -0.3 is 19.9 Å². The Hall–Kier alpha value is -2.64. The third-order valence-electron chi connectivity index (χ3n) is 4.11. The van der Waals surface area contributed by atoms with Gasteiger partial charge in [-0.25, -0.2) is 9.38 Å². The minimum atomic E-state index is -0.364. The van der Waals surface area contributed by atoms with E-state index in [1.165, 1.54) is 6.07 Å². The van der Waals surface area contributed by atoms with Gasteiger partial charge in [0.05, 0.1) is 6.54 Å². The molecule has 8 heteroatoms. The second kappa shape index (κ2) is 10.5. The third kappa shape index (κ3) is 6.54. The van der Waals surface area contributed by atoms with Crippen LogP contribution in [0.1, 0.15) is 38.3 Å². The van der Waals surface area contributed by atoms with Crippen LogP contribution in [0.25, 0.3) is 0 Å². The maximum absolute atomic E-state index is 13.7. The van der Waals surface area contributed by atoms with Crippen molar-refractivity contribution in [3.05, 3.63) is 41.7 Å².